The lowest BCUT2D eigenvalue weighted by atomic mass is 10.0. The first-order valence-electron chi connectivity index (χ1n) is 8.93. The van der Waals surface area contributed by atoms with Crippen molar-refractivity contribution in [1.29, 1.82) is 0 Å². The van der Waals surface area contributed by atoms with Gasteiger partial charge in [-0.05, 0) is 60.7 Å². The third kappa shape index (κ3) is 4.01. The number of para-hydroxylation sites is 2. The summed E-state index contributed by atoms with van der Waals surface area (Å²) in [6.07, 6.45) is 0. The van der Waals surface area contributed by atoms with Crippen molar-refractivity contribution in [3.05, 3.63) is 109 Å². The lowest BCUT2D eigenvalue weighted by Crippen LogP contribution is -1.95. The van der Waals surface area contributed by atoms with Crippen LogP contribution in [0.25, 0.3) is 11.1 Å². The molecule has 0 fully saturated rings. The molecule has 0 saturated heterocycles. The quantitative estimate of drug-likeness (QED) is 0.390. The summed E-state index contributed by atoms with van der Waals surface area (Å²) >= 11 is 0. The van der Waals surface area contributed by atoms with Gasteiger partial charge in [-0.15, -0.1) is 0 Å². The van der Waals surface area contributed by atoms with Gasteiger partial charge in [0.2, 0.25) is 0 Å². The zero-order valence-electron chi connectivity index (χ0n) is 15.0. The van der Waals surface area contributed by atoms with E-state index in [1.807, 2.05) is 60.7 Å². The summed E-state index contributed by atoms with van der Waals surface area (Å²) in [6.45, 7) is 0. The summed E-state index contributed by atoms with van der Waals surface area (Å²) < 4.78 is 29.3. The molecule has 0 spiro atoms. The Bertz CT molecular complexity index is 991. The molecular weight excluding hydrogens is 354 g/mol. The Morgan fingerprint density at radius 2 is 0.821 bits per heavy atom. The van der Waals surface area contributed by atoms with Crippen molar-refractivity contribution in [1.82, 2.24) is 0 Å². The molecular formula is C24H18F2N2. The topological polar surface area (TPSA) is 24.1 Å². The van der Waals surface area contributed by atoms with Crippen LogP contribution in [0, 0.1) is 11.6 Å². The molecule has 138 valence electrons. The van der Waals surface area contributed by atoms with Gasteiger partial charge < -0.3 is 10.6 Å². The van der Waals surface area contributed by atoms with Crippen LogP contribution in [0.4, 0.5) is 31.5 Å². The van der Waals surface area contributed by atoms with E-state index < -0.39 is 11.6 Å². The highest BCUT2D eigenvalue weighted by atomic mass is 19.1. The lowest BCUT2D eigenvalue weighted by molar-refractivity contribution is 0.617. The SMILES string of the molecule is Fc1cc(Nc2ccccc2)ccc1-c1ccc(Nc2ccccc2)cc1F. The third-order valence-electron chi connectivity index (χ3n) is 4.35. The van der Waals surface area contributed by atoms with E-state index in [-0.39, 0.29) is 11.1 Å². The van der Waals surface area contributed by atoms with Gasteiger partial charge in [0, 0.05) is 33.9 Å². The Labute approximate surface area is 162 Å². The van der Waals surface area contributed by atoms with E-state index in [2.05, 4.69) is 10.6 Å². The number of rotatable bonds is 5. The average molecular weight is 372 g/mol. The zero-order chi connectivity index (χ0) is 19.3. The molecule has 0 aliphatic carbocycles. The van der Waals surface area contributed by atoms with Crippen LogP contribution in [0.15, 0.2) is 97.1 Å². The molecule has 28 heavy (non-hydrogen) atoms. The van der Waals surface area contributed by atoms with Gasteiger partial charge in [0.05, 0.1) is 0 Å². The fourth-order valence-corrected chi connectivity index (χ4v) is 3.00. The standard InChI is InChI=1S/C24H18F2N2/c25-23-15-19(27-17-7-3-1-4-8-17)11-13-21(23)22-14-12-20(16-24(22)26)28-18-9-5-2-6-10-18/h1-16,27-28H. The number of hydrogen-bond acceptors (Lipinski definition) is 2. The van der Waals surface area contributed by atoms with Crippen LogP contribution in [0.5, 0.6) is 0 Å². The summed E-state index contributed by atoms with van der Waals surface area (Å²) in [6, 6.07) is 28.4. The van der Waals surface area contributed by atoms with Gasteiger partial charge in [-0.2, -0.15) is 0 Å². The predicted molar refractivity (Wildman–Crippen MR) is 111 cm³/mol. The molecule has 0 saturated carbocycles. The molecule has 0 radical (unpaired) electrons. The van der Waals surface area contributed by atoms with E-state index in [1.165, 1.54) is 12.1 Å². The molecule has 2 nitrogen and oxygen atoms in total. The molecule has 4 aromatic carbocycles. The second-order valence-corrected chi connectivity index (χ2v) is 6.37. The Hall–Kier alpha value is -3.66. The average Bonchev–Trinajstić information content (AvgIpc) is 2.71. The lowest BCUT2D eigenvalue weighted by Gasteiger charge is -2.11. The molecule has 4 rings (SSSR count). The van der Waals surface area contributed by atoms with E-state index in [0.29, 0.717) is 11.4 Å². The second-order valence-electron chi connectivity index (χ2n) is 6.37. The molecule has 0 aliphatic rings. The fraction of sp³-hybridized carbons (Fsp3) is 0. The van der Waals surface area contributed by atoms with Crippen molar-refractivity contribution in [3.8, 4) is 11.1 Å². The molecule has 0 amide bonds. The molecule has 0 aromatic heterocycles. The largest absolute Gasteiger partial charge is 0.355 e. The Kier molecular flexibility index (Phi) is 5.02. The van der Waals surface area contributed by atoms with Gasteiger partial charge in [0.1, 0.15) is 11.6 Å². The minimum absolute atomic E-state index is 0.224. The van der Waals surface area contributed by atoms with Crippen molar-refractivity contribution >= 4 is 22.7 Å². The minimum atomic E-state index is -0.483. The summed E-state index contributed by atoms with van der Waals surface area (Å²) in [5, 5.41) is 6.26. The maximum absolute atomic E-state index is 14.6. The summed E-state index contributed by atoms with van der Waals surface area (Å²) in [4.78, 5) is 0. The van der Waals surface area contributed by atoms with Crippen LogP contribution in [-0.2, 0) is 0 Å². The molecule has 0 atom stereocenters. The van der Waals surface area contributed by atoms with E-state index in [9.17, 15) is 8.78 Å². The monoisotopic (exact) mass is 372 g/mol. The van der Waals surface area contributed by atoms with Crippen LogP contribution < -0.4 is 10.6 Å². The van der Waals surface area contributed by atoms with Gasteiger partial charge in [-0.1, -0.05) is 36.4 Å². The number of anilines is 4. The van der Waals surface area contributed by atoms with Crippen LogP contribution in [0.2, 0.25) is 0 Å². The van der Waals surface area contributed by atoms with Crippen molar-refractivity contribution < 1.29 is 8.78 Å². The highest BCUT2D eigenvalue weighted by Gasteiger charge is 2.12. The Morgan fingerprint density at radius 3 is 1.18 bits per heavy atom. The molecule has 0 bridgehead atoms. The fourth-order valence-electron chi connectivity index (χ4n) is 3.00. The van der Waals surface area contributed by atoms with E-state index >= 15 is 0 Å². The van der Waals surface area contributed by atoms with Crippen LogP contribution in [0.1, 0.15) is 0 Å². The van der Waals surface area contributed by atoms with Crippen molar-refractivity contribution in [3.63, 3.8) is 0 Å². The van der Waals surface area contributed by atoms with Crippen LogP contribution in [0.3, 0.4) is 0 Å². The van der Waals surface area contributed by atoms with Gasteiger partial charge in [0.15, 0.2) is 0 Å². The summed E-state index contributed by atoms with van der Waals surface area (Å²) in [5.74, 6) is -0.966. The van der Waals surface area contributed by atoms with Gasteiger partial charge in [-0.25, -0.2) is 8.78 Å². The predicted octanol–water partition coefficient (Wildman–Crippen LogP) is 7.12. The first kappa shape index (κ1) is 17.7. The van der Waals surface area contributed by atoms with E-state index in [1.54, 1.807) is 24.3 Å². The van der Waals surface area contributed by atoms with Gasteiger partial charge in [0.25, 0.3) is 0 Å². The smallest absolute Gasteiger partial charge is 0.133 e. The first-order valence-corrected chi connectivity index (χ1v) is 8.93. The van der Waals surface area contributed by atoms with Crippen molar-refractivity contribution in [2.45, 2.75) is 0 Å². The normalized spacial score (nSPS) is 10.5. The van der Waals surface area contributed by atoms with E-state index in [4.69, 9.17) is 0 Å². The number of nitrogens with one attached hydrogen (secondary N) is 2. The molecule has 0 unspecified atom stereocenters. The van der Waals surface area contributed by atoms with Crippen molar-refractivity contribution in [2.75, 3.05) is 10.6 Å². The van der Waals surface area contributed by atoms with E-state index in [0.717, 1.165) is 11.4 Å². The minimum Gasteiger partial charge on any atom is -0.355 e. The Balaban J connectivity index is 1.56. The van der Waals surface area contributed by atoms with Crippen molar-refractivity contribution in [2.24, 2.45) is 0 Å². The third-order valence-corrected chi connectivity index (χ3v) is 4.35. The van der Waals surface area contributed by atoms with Gasteiger partial charge in [-0.3, -0.25) is 0 Å². The number of halogens is 2. The molecule has 2 N–H and O–H groups in total. The number of benzene rings is 4. The Morgan fingerprint density at radius 1 is 0.429 bits per heavy atom. The summed E-state index contributed by atoms with van der Waals surface area (Å²) in [5.41, 5.74) is 3.38. The molecule has 0 heterocycles. The highest BCUT2D eigenvalue weighted by Crippen LogP contribution is 2.30. The first-order chi connectivity index (χ1) is 13.7. The summed E-state index contributed by atoms with van der Waals surface area (Å²) in [7, 11) is 0. The second kappa shape index (κ2) is 7.92. The molecule has 0 aliphatic heterocycles. The maximum Gasteiger partial charge on any atom is 0.133 e. The zero-order valence-corrected chi connectivity index (χ0v) is 15.0. The number of hydrogen-bond donors (Lipinski definition) is 2. The van der Waals surface area contributed by atoms with Crippen LogP contribution >= 0.6 is 0 Å². The molecule has 4 heteroatoms. The van der Waals surface area contributed by atoms with Gasteiger partial charge >= 0.3 is 0 Å². The maximum atomic E-state index is 14.6. The highest BCUT2D eigenvalue weighted by molar-refractivity contribution is 5.72. The van der Waals surface area contributed by atoms with Crippen LogP contribution in [-0.4, -0.2) is 0 Å². The molecule has 4 aromatic rings.